The molecule has 0 aliphatic carbocycles. The number of piperazine rings is 1. The molecule has 1 fully saturated rings. The fourth-order valence-corrected chi connectivity index (χ4v) is 3.09. The summed E-state index contributed by atoms with van der Waals surface area (Å²) in [6.45, 7) is 2.86. The highest BCUT2D eigenvalue weighted by atomic mass is 35.5. The second kappa shape index (κ2) is 11.4. The van der Waals surface area contributed by atoms with Crippen molar-refractivity contribution in [2.45, 2.75) is 12.5 Å². The maximum absolute atomic E-state index is 12.6. The van der Waals surface area contributed by atoms with E-state index in [9.17, 15) is 9.59 Å². The topological polar surface area (TPSA) is 114 Å². The van der Waals surface area contributed by atoms with Crippen LogP contribution in [0.15, 0.2) is 42.7 Å². The third-order valence-corrected chi connectivity index (χ3v) is 4.73. The first-order chi connectivity index (χ1) is 14.1. The van der Waals surface area contributed by atoms with Gasteiger partial charge in [-0.3, -0.25) is 9.59 Å². The van der Waals surface area contributed by atoms with E-state index < -0.39 is 6.04 Å². The molecule has 1 aromatic carbocycles. The molecule has 0 bridgehead atoms. The van der Waals surface area contributed by atoms with Gasteiger partial charge in [0.15, 0.2) is 0 Å². The second-order valence-corrected chi connectivity index (χ2v) is 6.84. The number of aromatic nitrogens is 2. The van der Waals surface area contributed by atoms with Crippen LogP contribution in [0.25, 0.3) is 0 Å². The first-order valence-corrected chi connectivity index (χ1v) is 9.51. The van der Waals surface area contributed by atoms with Crippen LogP contribution >= 0.6 is 12.4 Å². The average Bonchev–Trinajstić information content (AvgIpc) is 2.76. The van der Waals surface area contributed by atoms with Crippen LogP contribution in [0.4, 0.5) is 11.6 Å². The number of nitrogens with zero attached hydrogens (tertiary/aromatic N) is 4. The first kappa shape index (κ1) is 23.5. The number of carbonyl (C=O) groups is 2. The van der Waals surface area contributed by atoms with Gasteiger partial charge in [-0.1, -0.05) is 12.1 Å². The molecule has 2 aromatic rings. The van der Waals surface area contributed by atoms with Crippen LogP contribution in [0.2, 0.25) is 0 Å². The quantitative estimate of drug-likeness (QED) is 0.659. The van der Waals surface area contributed by atoms with Crippen molar-refractivity contribution in [2.75, 3.05) is 50.1 Å². The maximum Gasteiger partial charge on any atom is 0.243 e. The van der Waals surface area contributed by atoms with Crippen LogP contribution in [0.5, 0.6) is 0 Å². The van der Waals surface area contributed by atoms with Gasteiger partial charge in [0, 0.05) is 51.4 Å². The number of amides is 2. The molecule has 9 nitrogen and oxygen atoms in total. The summed E-state index contributed by atoms with van der Waals surface area (Å²) in [6.07, 6.45) is 3.76. The zero-order valence-corrected chi connectivity index (χ0v) is 17.7. The van der Waals surface area contributed by atoms with E-state index in [1.54, 1.807) is 30.6 Å². The summed E-state index contributed by atoms with van der Waals surface area (Å²) >= 11 is 0. The average molecular weight is 435 g/mol. The molecule has 0 spiro atoms. The number of benzene rings is 1. The summed E-state index contributed by atoms with van der Waals surface area (Å²) in [5, 5.41) is 2.73. The third-order valence-electron chi connectivity index (χ3n) is 4.73. The van der Waals surface area contributed by atoms with Gasteiger partial charge >= 0.3 is 0 Å². The van der Waals surface area contributed by atoms with Crippen LogP contribution < -0.4 is 16.0 Å². The van der Waals surface area contributed by atoms with Crippen LogP contribution in [-0.2, 0) is 20.7 Å². The second-order valence-electron chi connectivity index (χ2n) is 6.84. The summed E-state index contributed by atoms with van der Waals surface area (Å²) in [7, 11) is 1.49. The molecule has 1 unspecified atom stereocenters. The summed E-state index contributed by atoms with van der Waals surface area (Å²) in [5.74, 6) is 0.468. The summed E-state index contributed by atoms with van der Waals surface area (Å²) in [5.41, 5.74) is 7.23. The molecule has 30 heavy (non-hydrogen) atoms. The molecule has 1 aromatic heterocycles. The van der Waals surface area contributed by atoms with Crippen LogP contribution in [0.3, 0.4) is 0 Å². The minimum absolute atomic E-state index is 0. The van der Waals surface area contributed by atoms with E-state index in [-0.39, 0.29) is 30.8 Å². The Balaban J connectivity index is 0.00000320. The van der Waals surface area contributed by atoms with Crippen molar-refractivity contribution >= 4 is 35.9 Å². The zero-order valence-electron chi connectivity index (χ0n) is 16.9. The smallest absolute Gasteiger partial charge is 0.243 e. The Kier molecular flexibility index (Phi) is 8.97. The highest BCUT2D eigenvalue weighted by Crippen LogP contribution is 2.14. The molecule has 0 radical (unpaired) electrons. The Bertz CT molecular complexity index is 813. The SMILES string of the molecule is COCC(N)C(=O)Nc1ccc(CC(=O)N2CCN(c3ncccn3)CC2)cc1.Cl. The third kappa shape index (κ3) is 6.38. The Labute approximate surface area is 182 Å². The number of hydrogen-bond acceptors (Lipinski definition) is 7. The maximum atomic E-state index is 12.6. The van der Waals surface area contributed by atoms with Gasteiger partial charge in [-0.15, -0.1) is 12.4 Å². The normalized spacial score (nSPS) is 14.6. The molecule has 2 amide bonds. The van der Waals surface area contributed by atoms with Gasteiger partial charge in [0.2, 0.25) is 17.8 Å². The molecule has 1 aliphatic rings. The number of hydrogen-bond donors (Lipinski definition) is 2. The first-order valence-electron chi connectivity index (χ1n) is 9.51. The number of halogens is 1. The van der Waals surface area contributed by atoms with Crippen LogP contribution in [-0.4, -0.2) is 72.6 Å². The summed E-state index contributed by atoms with van der Waals surface area (Å²) in [6, 6.07) is 8.28. The number of carbonyl (C=O) groups excluding carboxylic acids is 2. The number of nitrogens with one attached hydrogen (secondary N) is 1. The van der Waals surface area contributed by atoms with E-state index >= 15 is 0 Å². The lowest BCUT2D eigenvalue weighted by Crippen LogP contribution is -2.49. The van der Waals surface area contributed by atoms with Crippen molar-refractivity contribution < 1.29 is 14.3 Å². The van der Waals surface area contributed by atoms with Crippen molar-refractivity contribution in [3.05, 3.63) is 48.3 Å². The highest BCUT2D eigenvalue weighted by Gasteiger charge is 2.22. The van der Waals surface area contributed by atoms with Crippen LogP contribution in [0.1, 0.15) is 5.56 Å². The fraction of sp³-hybridized carbons (Fsp3) is 0.400. The minimum Gasteiger partial charge on any atom is -0.383 e. The number of methoxy groups -OCH3 is 1. The Hall–Kier alpha value is -2.75. The lowest BCUT2D eigenvalue weighted by Gasteiger charge is -2.34. The Morgan fingerprint density at radius 1 is 1.13 bits per heavy atom. The van der Waals surface area contributed by atoms with Crippen molar-refractivity contribution in [1.82, 2.24) is 14.9 Å². The number of nitrogens with two attached hydrogens (primary N) is 1. The standard InChI is InChI=1S/C20H26N6O3.ClH/c1-29-14-17(21)19(28)24-16-5-3-15(4-6-16)13-18(27)25-9-11-26(12-10-25)20-22-7-2-8-23-20;/h2-8,17H,9-14,21H2,1H3,(H,24,28);1H. The van der Waals surface area contributed by atoms with E-state index in [0.717, 1.165) is 5.56 Å². The van der Waals surface area contributed by atoms with Crippen molar-refractivity contribution in [1.29, 1.82) is 0 Å². The van der Waals surface area contributed by atoms with E-state index in [1.807, 2.05) is 17.0 Å². The van der Waals surface area contributed by atoms with Gasteiger partial charge < -0.3 is 25.6 Å². The predicted octanol–water partition coefficient (Wildman–Crippen LogP) is 0.702. The Morgan fingerprint density at radius 2 is 1.77 bits per heavy atom. The zero-order chi connectivity index (χ0) is 20.6. The molecule has 162 valence electrons. The van der Waals surface area contributed by atoms with E-state index in [0.29, 0.717) is 44.2 Å². The molecular formula is C20H27ClN6O3. The molecular weight excluding hydrogens is 408 g/mol. The number of rotatable bonds is 7. The molecule has 3 rings (SSSR count). The van der Waals surface area contributed by atoms with Crippen LogP contribution in [0, 0.1) is 0 Å². The summed E-state index contributed by atoms with van der Waals surface area (Å²) < 4.78 is 4.88. The molecule has 2 heterocycles. The molecule has 3 N–H and O–H groups in total. The molecule has 0 saturated carbocycles. The van der Waals surface area contributed by atoms with Gasteiger partial charge in [-0.2, -0.15) is 0 Å². The van der Waals surface area contributed by atoms with E-state index in [4.69, 9.17) is 10.5 Å². The van der Waals surface area contributed by atoms with E-state index in [1.165, 1.54) is 7.11 Å². The molecule has 1 saturated heterocycles. The van der Waals surface area contributed by atoms with Gasteiger partial charge in [-0.25, -0.2) is 9.97 Å². The fourth-order valence-electron chi connectivity index (χ4n) is 3.09. The van der Waals surface area contributed by atoms with Gasteiger partial charge in [0.25, 0.3) is 0 Å². The minimum atomic E-state index is -0.721. The van der Waals surface area contributed by atoms with E-state index in [2.05, 4.69) is 20.2 Å². The predicted molar refractivity (Wildman–Crippen MR) is 117 cm³/mol. The van der Waals surface area contributed by atoms with Gasteiger partial charge in [0.05, 0.1) is 13.0 Å². The number of ether oxygens (including phenoxy) is 1. The summed E-state index contributed by atoms with van der Waals surface area (Å²) in [4.78, 5) is 37.0. The van der Waals surface area contributed by atoms with Gasteiger partial charge in [-0.05, 0) is 23.8 Å². The lowest BCUT2D eigenvalue weighted by atomic mass is 10.1. The largest absolute Gasteiger partial charge is 0.383 e. The monoisotopic (exact) mass is 434 g/mol. The lowest BCUT2D eigenvalue weighted by molar-refractivity contribution is -0.130. The molecule has 1 atom stereocenters. The number of anilines is 2. The highest BCUT2D eigenvalue weighted by molar-refractivity contribution is 5.94. The van der Waals surface area contributed by atoms with Crippen molar-refractivity contribution in [3.8, 4) is 0 Å². The Morgan fingerprint density at radius 3 is 2.37 bits per heavy atom. The van der Waals surface area contributed by atoms with Crippen molar-refractivity contribution in [3.63, 3.8) is 0 Å². The molecule has 10 heteroatoms. The van der Waals surface area contributed by atoms with Gasteiger partial charge in [0.1, 0.15) is 6.04 Å². The van der Waals surface area contributed by atoms with Crippen molar-refractivity contribution in [2.24, 2.45) is 5.73 Å². The molecule has 1 aliphatic heterocycles.